The molecular formula is C12H22N2O3. The lowest BCUT2D eigenvalue weighted by atomic mass is 10.1. The van der Waals surface area contributed by atoms with E-state index in [9.17, 15) is 9.59 Å². The molecule has 0 bridgehead atoms. The molecular weight excluding hydrogens is 220 g/mol. The van der Waals surface area contributed by atoms with Gasteiger partial charge < -0.3 is 15.3 Å². The van der Waals surface area contributed by atoms with E-state index in [1.54, 1.807) is 11.9 Å². The zero-order valence-electron chi connectivity index (χ0n) is 10.6. The van der Waals surface area contributed by atoms with Gasteiger partial charge in [0.25, 0.3) is 0 Å². The summed E-state index contributed by atoms with van der Waals surface area (Å²) in [5, 5.41) is 11.2. The Hall–Kier alpha value is -1.26. The second kappa shape index (κ2) is 6.47. The van der Waals surface area contributed by atoms with Gasteiger partial charge in [-0.25, -0.2) is 4.79 Å². The lowest BCUT2D eigenvalue weighted by Gasteiger charge is -2.28. The molecule has 0 spiro atoms. The van der Waals surface area contributed by atoms with Gasteiger partial charge in [-0.15, -0.1) is 0 Å². The molecule has 1 atom stereocenters. The summed E-state index contributed by atoms with van der Waals surface area (Å²) in [7, 11) is 1.75. The number of carboxylic acid groups (broad SMARTS) is 1. The Morgan fingerprint density at radius 1 is 1.24 bits per heavy atom. The van der Waals surface area contributed by atoms with Crippen LogP contribution in [0.5, 0.6) is 0 Å². The number of carbonyl (C=O) groups excluding carboxylic acids is 1. The number of rotatable bonds is 3. The topological polar surface area (TPSA) is 69.6 Å². The highest BCUT2D eigenvalue weighted by molar-refractivity contribution is 5.82. The second-order valence-corrected chi connectivity index (χ2v) is 4.77. The first-order valence-corrected chi connectivity index (χ1v) is 6.28. The lowest BCUT2D eigenvalue weighted by Crippen LogP contribution is -2.48. The van der Waals surface area contributed by atoms with Crippen molar-refractivity contribution in [3.05, 3.63) is 0 Å². The van der Waals surface area contributed by atoms with E-state index in [1.807, 2.05) is 0 Å². The van der Waals surface area contributed by atoms with E-state index in [0.29, 0.717) is 0 Å². The molecule has 0 aromatic carbocycles. The first-order chi connectivity index (χ1) is 8.02. The van der Waals surface area contributed by atoms with Crippen LogP contribution in [0.15, 0.2) is 0 Å². The Morgan fingerprint density at radius 2 is 1.76 bits per heavy atom. The Labute approximate surface area is 102 Å². The van der Waals surface area contributed by atoms with Gasteiger partial charge in [-0.05, 0) is 19.8 Å². The highest BCUT2D eigenvalue weighted by atomic mass is 16.4. The van der Waals surface area contributed by atoms with E-state index >= 15 is 0 Å². The zero-order chi connectivity index (χ0) is 12.8. The van der Waals surface area contributed by atoms with Crippen molar-refractivity contribution < 1.29 is 14.7 Å². The summed E-state index contributed by atoms with van der Waals surface area (Å²) >= 11 is 0. The number of hydrogen-bond acceptors (Lipinski definition) is 2. The third kappa shape index (κ3) is 4.24. The van der Waals surface area contributed by atoms with Crippen molar-refractivity contribution >= 4 is 12.0 Å². The van der Waals surface area contributed by atoms with Crippen LogP contribution in [0.3, 0.4) is 0 Å². The molecule has 0 radical (unpaired) electrons. The first kappa shape index (κ1) is 13.8. The number of carbonyl (C=O) groups is 2. The normalized spacial score (nSPS) is 19.2. The van der Waals surface area contributed by atoms with Gasteiger partial charge in [0.2, 0.25) is 0 Å². The molecule has 1 fully saturated rings. The van der Waals surface area contributed by atoms with Gasteiger partial charge in [0.05, 0.1) is 0 Å². The predicted octanol–water partition coefficient (Wildman–Crippen LogP) is 1.82. The monoisotopic (exact) mass is 242 g/mol. The smallest absolute Gasteiger partial charge is 0.325 e. The van der Waals surface area contributed by atoms with E-state index in [2.05, 4.69) is 5.32 Å². The summed E-state index contributed by atoms with van der Waals surface area (Å²) in [5.74, 6) is -1.01. The minimum Gasteiger partial charge on any atom is -0.480 e. The quantitative estimate of drug-likeness (QED) is 0.742. The van der Waals surface area contributed by atoms with Gasteiger partial charge in [-0.1, -0.05) is 25.7 Å². The predicted molar refractivity (Wildman–Crippen MR) is 64.9 cm³/mol. The number of hydrogen-bond donors (Lipinski definition) is 2. The molecule has 1 unspecified atom stereocenters. The van der Waals surface area contributed by atoms with Gasteiger partial charge in [-0.2, -0.15) is 0 Å². The number of urea groups is 1. The Bertz CT molecular complexity index is 273. The van der Waals surface area contributed by atoms with Gasteiger partial charge in [-0.3, -0.25) is 4.79 Å². The van der Waals surface area contributed by atoms with Crippen molar-refractivity contribution in [2.45, 2.75) is 57.5 Å². The average Bonchev–Trinajstić information content (AvgIpc) is 2.56. The molecule has 1 saturated carbocycles. The molecule has 1 rings (SSSR count). The lowest BCUT2D eigenvalue weighted by molar-refractivity contribution is -0.138. The van der Waals surface area contributed by atoms with Gasteiger partial charge >= 0.3 is 12.0 Å². The first-order valence-electron chi connectivity index (χ1n) is 6.28. The van der Waals surface area contributed by atoms with Crippen molar-refractivity contribution in [2.75, 3.05) is 7.05 Å². The standard InChI is InChI=1S/C12H22N2O3/c1-9(11(15)16)13-12(17)14(2)10-7-5-3-4-6-8-10/h9-10H,3-8H2,1-2H3,(H,13,17)(H,15,16). The van der Waals surface area contributed by atoms with E-state index < -0.39 is 12.0 Å². The van der Waals surface area contributed by atoms with E-state index in [-0.39, 0.29) is 12.1 Å². The third-order valence-electron chi connectivity index (χ3n) is 3.40. The number of carboxylic acids is 1. The maximum atomic E-state index is 11.8. The minimum absolute atomic E-state index is 0.249. The summed E-state index contributed by atoms with van der Waals surface area (Å²) in [6, 6.07) is -0.874. The van der Waals surface area contributed by atoms with Crippen molar-refractivity contribution in [3.8, 4) is 0 Å². The minimum atomic E-state index is -1.01. The van der Waals surface area contributed by atoms with Crippen LogP contribution >= 0.6 is 0 Å². The number of aliphatic carboxylic acids is 1. The van der Waals surface area contributed by atoms with Crippen molar-refractivity contribution in [1.29, 1.82) is 0 Å². The van der Waals surface area contributed by atoms with Crippen LogP contribution in [0.4, 0.5) is 4.79 Å². The van der Waals surface area contributed by atoms with Crippen LogP contribution in [-0.2, 0) is 4.79 Å². The van der Waals surface area contributed by atoms with E-state index in [1.165, 1.54) is 19.8 Å². The molecule has 98 valence electrons. The molecule has 2 N–H and O–H groups in total. The zero-order valence-corrected chi connectivity index (χ0v) is 10.6. The van der Waals surface area contributed by atoms with Gasteiger partial charge in [0.15, 0.2) is 0 Å². The fraction of sp³-hybridized carbons (Fsp3) is 0.833. The fourth-order valence-electron chi connectivity index (χ4n) is 2.16. The summed E-state index contributed by atoms with van der Waals surface area (Å²) in [6.07, 6.45) is 6.80. The molecule has 0 aromatic rings. The Morgan fingerprint density at radius 3 is 2.24 bits per heavy atom. The van der Waals surface area contributed by atoms with Crippen LogP contribution in [0.2, 0.25) is 0 Å². The van der Waals surface area contributed by atoms with Crippen molar-refractivity contribution in [3.63, 3.8) is 0 Å². The summed E-state index contributed by atoms with van der Waals surface area (Å²) in [4.78, 5) is 24.1. The molecule has 5 heteroatoms. The van der Waals surface area contributed by atoms with Crippen molar-refractivity contribution in [2.24, 2.45) is 0 Å². The number of nitrogens with zero attached hydrogens (tertiary/aromatic N) is 1. The Kier molecular flexibility index (Phi) is 5.25. The van der Waals surface area contributed by atoms with Crippen LogP contribution in [-0.4, -0.2) is 41.1 Å². The molecule has 1 aliphatic carbocycles. The largest absolute Gasteiger partial charge is 0.480 e. The van der Waals surface area contributed by atoms with E-state index in [4.69, 9.17) is 5.11 Å². The Balaban J connectivity index is 2.47. The summed E-state index contributed by atoms with van der Waals surface area (Å²) in [5.41, 5.74) is 0. The maximum absolute atomic E-state index is 11.8. The molecule has 5 nitrogen and oxygen atoms in total. The van der Waals surface area contributed by atoms with Crippen LogP contribution in [0, 0.1) is 0 Å². The van der Waals surface area contributed by atoms with Crippen molar-refractivity contribution in [1.82, 2.24) is 10.2 Å². The molecule has 0 aliphatic heterocycles. The number of nitrogens with one attached hydrogen (secondary N) is 1. The highest BCUT2D eigenvalue weighted by Gasteiger charge is 2.23. The van der Waals surface area contributed by atoms with Crippen LogP contribution in [0.25, 0.3) is 0 Å². The molecule has 2 amide bonds. The highest BCUT2D eigenvalue weighted by Crippen LogP contribution is 2.20. The summed E-state index contributed by atoms with van der Waals surface area (Å²) < 4.78 is 0. The third-order valence-corrected chi connectivity index (χ3v) is 3.40. The molecule has 0 aromatic heterocycles. The van der Waals surface area contributed by atoms with Crippen LogP contribution in [0.1, 0.15) is 45.4 Å². The number of amides is 2. The van der Waals surface area contributed by atoms with Crippen LogP contribution < -0.4 is 5.32 Å². The molecule has 17 heavy (non-hydrogen) atoms. The molecule has 0 heterocycles. The van der Waals surface area contributed by atoms with Gasteiger partial charge in [0.1, 0.15) is 6.04 Å². The van der Waals surface area contributed by atoms with E-state index in [0.717, 1.165) is 25.7 Å². The summed E-state index contributed by atoms with van der Waals surface area (Å²) in [6.45, 7) is 1.47. The van der Waals surface area contributed by atoms with Gasteiger partial charge in [0, 0.05) is 13.1 Å². The fourth-order valence-corrected chi connectivity index (χ4v) is 2.16. The second-order valence-electron chi connectivity index (χ2n) is 4.77. The average molecular weight is 242 g/mol. The molecule has 1 aliphatic rings. The molecule has 0 saturated heterocycles. The maximum Gasteiger partial charge on any atom is 0.325 e. The SMILES string of the molecule is CC(NC(=O)N(C)C1CCCCCC1)C(=O)O.